The van der Waals surface area contributed by atoms with Gasteiger partial charge < -0.3 is 24.8 Å². The molecule has 0 saturated heterocycles. The Bertz CT molecular complexity index is 1210. The minimum Gasteiger partial charge on any atom is -0.479 e. The second kappa shape index (κ2) is 12.9. The average molecular weight is 509 g/mol. The lowest BCUT2D eigenvalue weighted by molar-refractivity contribution is -0.150. The Labute approximate surface area is 218 Å². The number of aryl methyl sites for hydroxylation is 2. The molecule has 3 rings (SSSR count). The van der Waals surface area contributed by atoms with Crippen LogP contribution in [0.1, 0.15) is 42.4 Å². The van der Waals surface area contributed by atoms with Crippen molar-refractivity contribution in [3.05, 3.63) is 65.4 Å². The molecule has 0 aliphatic rings. The number of carbonyl (C=O) groups excluding carboxylic acids is 2. The Morgan fingerprint density at radius 2 is 1.86 bits per heavy atom. The number of carbonyl (C=O) groups is 2. The third-order valence-electron chi connectivity index (χ3n) is 6.01. The molecule has 2 N–H and O–H groups in total. The zero-order chi connectivity index (χ0) is 26.9. The number of aromatic nitrogens is 2. The van der Waals surface area contributed by atoms with Crippen molar-refractivity contribution in [3.63, 3.8) is 0 Å². The van der Waals surface area contributed by atoms with Gasteiger partial charge in [-0.2, -0.15) is 5.10 Å². The number of benzene rings is 2. The van der Waals surface area contributed by atoms with Gasteiger partial charge in [0.05, 0.1) is 18.9 Å². The Kier molecular flexibility index (Phi) is 9.68. The van der Waals surface area contributed by atoms with E-state index in [1.54, 1.807) is 30.7 Å². The molecular formula is C28H36N4O5. The number of likely N-dealkylation sites (N-methyl/N-ethyl adjacent to an activating group) is 1. The highest BCUT2D eigenvalue weighted by Crippen LogP contribution is 2.24. The Morgan fingerprint density at radius 3 is 2.49 bits per heavy atom. The van der Waals surface area contributed by atoms with Gasteiger partial charge in [-0.25, -0.2) is 4.79 Å². The van der Waals surface area contributed by atoms with Gasteiger partial charge in [-0.05, 0) is 68.7 Å². The molecule has 37 heavy (non-hydrogen) atoms. The fourth-order valence-electron chi connectivity index (χ4n) is 4.01. The van der Waals surface area contributed by atoms with E-state index in [1.165, 1.54) is 0 Å². The summed E-state index contributed by atoms with van der Waals surface area (Å²) in [6, 6.07) is 15.3. The Balaban J connectivity index is 1.63. The molecule has 1 atom stereocenters. The van der Waals surface area contributed by atoms with E-state index < -0.39 is 12.1 Å². The van der Waals surface area contributed by atoms with E-state index in [4.69, 9.17) is 9.47 Å². The van der Waals surface area contributed by atoms with Gasteiger partial charge in [0.15, 0.2) is 11.8 Å². The van der Waals surface area contributed by atoms with Crippen molar-refractivity contribution in [1.29, 1.82) is 0 Å². The third-order valence-corrected chi connectivity index (χ3v) is 6.01. The standard InChI is InChI=1S/C28H36N4O5/c1-6-32(14-15-33)23-11-9-22(10-12-23)25-17-24(30-31(25)5)27(34)29-18-21-8-13-26(19(3)16-21)37-20(4)28(35)36-7-2/h8-13,16-17,20,33H,6-7,14-15,18H2,1-5H3,(H,29,34). The number of nitrogens with one attached hydrogen (secondary N) is 1. The number of hydrogen-bond acceptors (Lipinski definition) is 7. The predicted octanol–water partition coefficient (Wildman–Crippen LogP) is 3.47. The number of ether oxygens (including phenoxy) is 2. The fourth-order valence-corrected chi connectivity index (χ4v) is 4.01. The molecule has 3 aromatic rings. The molecule has 1 heterocycles. The van der Waals surface area contributed by atoms with E-state index in [0.29, 0.717) is 31.1 Å². The number of aliphatic hydroxyl groups is 1. The summed E-state index contributed by atoms with van der Waals surface area (Å²) < 4.78 is 12.4. The SMILES string of the molecule is CCOC(=O)C(C)Oc1ccc(CNC(=O)c2cc(-c3ccc(N(CC)CCO)cc3)n(C)n2)cc1C. The first kappa shape index (κ1) is 27.7. The van der Waals surface area contributed by atoms with Gasteiger partial charge in [-0.3, -0.25) is 9.48 Å². The fraction of sp³-hybridized carbons (Fsp3) is 0.393. The van der Waals surface area contributed by atoms with Crippen LogP contribution in [0, 0.1) is 6.92 Å². The molecule has 2 aromatic carbocycles. The molecule has 0 radical (unpaired) electrons. The molecule has 0 saturated carbocycles. The molecule has 1 amide bonds. The molecule has 9 nitrogen and oxygen atoms in total. The van der Waals surface area contributed by atoms with Crippen LogP contribution >= 0.6 is 0 Å². The normalized spacial score (nSPS) is 11.6. The second-order valence-electron chi connectivity index (χ2n) is 8.68. The van der Waals surface area contributed by atoms with Crippen molar-refractivity contribution < 1.29 is 24.2 Å². The molecule has 1 unspecified atom stereocenters. The van der Waals surface area contributed by atoms with Crippen LogP contribution in [0.5, 0.6) is 5.75 Å². The van der Waals surface area contributed by atoms with Crippen LogP contribution in [0.3, 0.4) is 0 Å². The highest BCUT2D eigenvalue weighted by molar-refractivity contribution is 5.93. The maximum Gasteiger partial charge on any atom is 0.347 e. The van der Waals surface area contributed by atoms with Crippen LogP contribution in [0.15, 0.2) is 48.5 Å². The number of nitrogens with zero attached hydrogens (tertiary/aromatic N) is 3. The summed E-state index contributed by atoms with van der Waals surface area (Å²) in [5.41, 5.74) is 4.89. The minimum absolute atomic E-state index is 0.0992. The Morgan fingerprint density at radius 1 is 1.14 bits per heavy atom. The lowest BCUT2D eigenvalue weighted by atomic mass is 10.1. The van der Waals surface area contributed by atoms with Crippen LogP contribution in [-0.4, -0.2) is 59.2 Å². The summed E-state index contributed by atoms with van der Waals surface area (Å²) in [7, 11) is 1.81. The van der Waals surface area contributed by atoms with Crippen LogP contribution in [0.4, 0.5) is 5.69 Å². The lowest BCUT2D eigenvalue weighted by Crippen LogP contribution is -2.26. The van der Waals surface area contributed by atoms with Gasteiger partial charge in [0.25, 0.3) is 5.91 Å². The molecule has 0 bridgehead atoms. The molecule has 0 aliphatic heterocycles. The first-order chi connectivity index (χ1) is 17.8. The van der Waals surface area contributed by atoms with Crippen molar-refractivity contribution in [2.24, 2.45) is 7.05 Å². The summed E-state index contributed by atoms with van der Waals surface area (Å²) in [5.74, 6) is -0.0875. The van der Waals surface area contributed by atoms with Crippen molar-refractivity contribution in [2.75, 3.05) is 31.2 Å². The summed E-state index contributed by atoms with van der Waals surface area (Å²) in [5, 5.41) is 16.6. The summed E-state index contributed by atoms with van der Waals surface area (Å²) >= 11 is 0. The highest BCUT2D eigenvalue weighted by Gasteiger charge is 2.17. The third kappa shape index (κ3) is 7.10. The maximum absolute atomic E-state index is 12.8. The largest absolute Gasteiger partial charge is 0.479 e. The number of anilines is 1. The van der Waals surface area contributed by atoms with E-state index in [9.17, 15) is 14.7 Å². The molecule has 9 heteroatoms. The average Bonchev–Trinajstić information content (AvgIpc) is 3.29. The smallest absolute Gasteiger partial charge is 0.347 e. The quantitative estimate of drug-likeness (QED) is 0.361. The van der Waals surface area contributed by atoms with E-state index >= 15 is 0 Å². The van der Waals surface area contributed by atoms with Gasteiger partial charge in [0.1, 0.15) is 5.75 Å². The van der Waals surface area contributed by atoms with Gasteiger partial charge >= 0.3 is 5.97 Å². The van der Waals surface area contributed by atoms with Gasteiger partial charge in [-0.1, -0.05) is 24.3 Å². The molecule has 1 aromatic heterocycles. The van der Waals surface area contributed by atoms with Gasteiger partial charge in [0, 0.05) is 32.4 Å². The summed E-state index contributed by atoms with van der Waals surface area (Å²) in [6.07, 6.45) is -0.704. The molecule has 198 valence electrons. The number of hydrogen-bond donors (Lipinski definition) is 2. The zero-order valence-corrected chi connectivity index (χ0v) is 22.2. The first-order valence-corrected chi connectivity index (χ1v) is 12.5. The van der Waals surface area contributed by atoms with E-state index in [-0.39, 0.29) is 12.5 Å². The van der Waals surface area contributed by atoms with Gasteiger partial charge in [-0.15, -0.1) is 0 Å². The summed E-state index contributed by atoms with van der Waals surface area (Å²) in [6.45, 7) is 9.45. The van der Waals surface area contributed by atoms with Crippen molar-refractivity contribution in [1.82, 2.24) is 15.1 Å². The topological polar surface area (TPSA) is 106 Å². The van der Waals surface area contributed by atoms with Crippen LogP contribution in [0.25, 0.3) is 11.3 Å². The van der Waals surface area contributed by atoms with E-state index in [2.05, 4.69) is 15.3 Å². The van der Waals surface area contributed by atoms with Crippen molar-refractivity contribution in [3.8, 4) is 17.0 Å². The van der Waals surface area contributed by atoms with E-state index in [1.807, 2.05) is 57.3 Å². The number of esters is 1. The highest BCUT2D eigenvalue weighted by atomic mass is 16.6. The summed E-state index contributed by atoms with van der Waals surface area (Å²) in [4.78, 5) is 26.7. The predicted molar refractivity (Wildman–Crippen MR) is 143 cm³/mol. The molecule has 0 fully saturated rings. The monoisotopic (exact) mass is 508 g/mol. The lowest BCUT2D eigenvalue weighted by Gasteiger charge is -2.22. The van der Waals surface area contributed by atoms with Gasteiger partial charge in [0.2, 0.25) is 0 Å². The molecule has 0 aliphatic carbocycles. The van der Waals surface area contributed by atoms with Crippen LogP contribution in [0.2, 0.25) is 0 Å². The number of aliphatic hydroxyl groups excluding tert-OH is 1. The first-order valence-electron chi connectivity index (χ1n) is 12.5. The number of rotatable bonds is 12. The zero-order valence-electron chi connectivity index (χ0n) is 22.2. The van der Waals surface area contributed by atoms with Crippen LogP contribution < -0.4 is 15.0 Å². The van der Waals surface area contributed by atoms with Crippen LogP contribution in [-0.2, 0) is 23.1 Å². The second-order valence-corrected chi connectivity index (χ2v) is 8.68. The minimum atomic E-state index is -0.704. The Hall–Kier alpha value is -3.85. The molecule has 0 spiro atoms. The number of amides is 1. The van der Waals surface area contributed by atoms with E-state index in [0.717, 1.165) is 34.6 Å². The maximum atomic E-state index is 12.8. The van der Waals surface area contributed by atoms with Crippen molar-refractivity contribution in [2.45, 2.75) is 40.3 Å². The van der Waals surface area contributed by atoms with Crippen molar-refractivity contribution >= 4 is 17.6 Å². The molecular weight excluding hydrogens is 472 g/mol.